The van der Waals surface area contributed by atoms with Crippen molar-refractivity contribution in [2.24, 2.45) is 0 Å². The zero-order valence-electron chi connectivity index (χ0n) is 5.84. The molecule has 0 amide bonds. The first-order chi connectivity index (χ1) is 4.83. The van der Waals surface area contributed by atoms with Crippen molar-refractivity contribution in [1.82, 2.24) is 13.3 Å². The van der Waals surface area contributed by atoms with E-state index in [0.29, 0.717) is 0 Å². The number of hydrogen-bond donors (Lipinski definition) is 1. The van der Waals surface area contributed by atoms with Crippen LogP contribution in [0.5, 0.6) is 0 Å². The summed E-state index contributed by atoms with van der Waals surface area (Å²) in [5.74, 6) is 0. The molecule has 0 atom stereocenters. The molecule has 0 saturated heterocycles. The zero-order chi connectivity index (χ0) is 7.40. The van der Waals surface area contributed by atoms with Gasteiger partial charge in [-0.25, -0.2) is 0 Å². The van der Waals surface area contributed by atoms with Gasteiger partial charge >= 0.3 is 0 Å². The summed E-state index contributed by atoms with van der Waals surface area (Å²) >= 11 is 2.13. The molecule has 0 aliphatic rings. The molecule has 56 valence electrons. The van der Waals surface area contributed by atoms with E-state index in [-0.39, 0.29) is 0 Å². The molecule has 0 fully saturated rings. The molecule has 0 spiro atoms. The van der Waals surface area contributed by atoms with Crippen LogP contribution in [-0.4, -0.2) is 16.3 Å². The Balaban J connectivity index is 2.42. The van der Waals surface area contributed by atoms with E-state index in [1.807, 2.05) is 23.9 Å². The van der Waals surface area contributed by atoms with Gasteiger partial charge in [0.2, 0.25) is 0 Å². The molecular weight excluding hydrogens is 241 g/mol. The van der Waals surface area contributed by atoms with Crippen LogP contribution < -0.4 is 3.53 Å². The minimum Gasteiger partial charge on any atom is -0.271 e. The van der Waals surface area contributed by atoms with E-state index in [0.717, 1.165) is 18.8 Å². The monoisotopic (exact) mass is 251 g/mol. The van der Waals surface area contributed by atoms with Crippen molar-refractivity contribution in [2.75, 3.05) is 6.54 Å². The molecule has 1 aromatic rings. The van der Waals surface area contributed by atoms with Crippen molar-refractivity contribution in [3.63, 3.8) is 0 Å². The zero-order valence-corrected chi connectivity index (χ0v) is 8.00. The fourth-order valence-electron chi connectivity index (χ4n) is 0.745. The average Bonchev–Trinajstić information content (AvgIpc) is 2.31. The number of hydrogen-bond acceptors (Lipinski definition) is 2. The number of rotatable bonds is 3. The Labute approximate surface area is 74.3 Å². The van der Waals surface area contributed by atoms with E-state index in [4.69, 9.17) is 0 Å². The molecule has 0 bridgehead atoms. The predicted molar refractivity (Wildman–Crippen MR) is 49.0 cm³/mol. The van der Waals surface area contributed by atoms with Gasteiger partial charge in [-0.05, 0) is 13.0 Å². The Bertz CT molecular complexity index is 197. The van der Waals surface area contributed by atoms with Gasteiger partial charge in [-0.3, -0.25) is 8.21 Å². The van der Waals surface area contributed by atoms with Crippen LogP contribution in [0.25, 0.3) is 0 Å². The Hall–Kier alpha value is -0.100. The van der Waals surface area contributed by atoms with Gasteiger partial charge in [0.15, 0.2) is 0 Å². The third-order valence-electron chi connectivity index (χ3n) is 1.21. The molecule has 0 aromatic carbocycles. The minimum absolute atomic E-state index is 0.941. The maximum absolute atomic E-state index is 4.22. The lowest BCUT2D eigenvalue weighted by atomic mass is 10.5. The quantitative estimate of drug-likeness (QED) is 0.644. The highest BCUT2D eigenvalue weighted by Crippen LogP contribution is 1.91. The molecule has 1 rings (SSSR count). The highest BCUT2D eigenvalue weighted by molar-refractivity contribution is 14.1. The number of aromatic nitrogens is 2. The highest BCUT2D eigenvalue weighted by atomic mass is 127. The van der Waals surface area contributed by atoms with Gasteiger partial charge in [0, 0.05) is 35.6 Å². The van der Waals surface area contributed by atoms with Crippen LogP contribution in [-0.2, 0) is 6.54 Å². The molecule has 4 heteroatoms. The van der Waals surface area contributed by atoms with Crippen LogP contribution in [0.2, 0.25) is 0 Å². The lowest BCUT2D eigenvalue weighted by molar-refractivity contribution is 0.612. The third-order valence-corrected chi connectivity index (χ3v) is 1.75. The number of nitrogens with zero attached hydrogens (tertiary/aromatic N) is 2. The summed E-state index contributed by atoms with van der Waals surface area (Å²) in [4.78, 5) is 0. The molecule has 10 heavy (non-hydrogen) atoms. The second kappa shape index (κ2) is 3.92. The third kappa shape index (κ3) is 2.26. The molecule has 0 radical (unpaired) electrons. The molecule has 1 heterocycles. The largest absolute Gasteiger partial charge is 0.271 e. The number of halogens is 1. The molecule has 3 nitrogen and oxygen atoms in total. The van der Waals surface area contributed by atoms with Gasteiger partial charge in [0.1, 0.15) is 0 Å². The van der Waals surface area contributed by atoms with E-state index in [2.05, 4.69) is 31.5 Å². The van der Waals surface area contributed by atoms with Gasteiger partial charge in [0.05, 0.1) is 12.2 Å². The molecule has 0 unspecified atom stereocenters. The van der Waals surface area contributed by atoms with Crippen LogP contribution in [0.15, 0.2) is 12.3 Å². The van der Waals surface area contributed by atoms with Crippen molar-refractivity contribution < 1.29 is 0 Å². The van der Waals surface area contributed by atoms with E-state index >= 15 is 0 Å². The van der Waals surface area contributed by atoms with E-state index in [1.165, 1.54) is 0 Å². The first-order valence-corrected chi connectivity index (χ1v) is 4.24. The smallest absolute Gasteiger partial charge is 0.0593 e. The van der Waals surface area contributed by atoms with Crippen LogP contribution in [0.3, 0.4) is 0 Å². The average molecular weight is 251 g/mol. The van der Waals surface area contributed by atoms with E-state index in [1.54, 1.807) is 0 Å². The second-order valence-corrected chi connectivity index (χ2v) is 2.87. The molecule has 1 aromatic heterocycles. The Morgan fingerprint density at radius 3 is 3.10 bits per heavy atom. The predicted octanol–water partition coefficient (Wildman–Crippen LogP) is 1.13. The summed E-state index contributed by atoms with van der Waals surface area (Å²) in [7, 11) is 0. The summed E-state index contributed by atoms with van der Waals surface area (Å²) in [5, 5.41) is 4.22. The first-order valence-electron chi connectivity index (χ1n) is 3.16. The van der Waals surface area contributed by atoms with Crippen molar-refractivity contribution in [3.05, 3.63) is 18.0 Å². The van der Waals surface area contributed by atoms with Gasteiger partial charge in [-0.15, -0.1) is 0 Å². The Morgan fingerprint density at radius 2 is 2.60 bits per heavy atom. The topological polar surface area (TPSA) is 29.9 Å². The number of nitrogens with one attached hydrogen (secondary N) is 1. The van der Waals surface area contributed by atoms with Crippen molar-refractivity contribution in [3.8, 4) is 0 Å². The van der Waals surface area contributed by atoms with Crippen LogP contribution in [0.1, 0.15) is 5.69 Å². The van der Waals surface area contributed by atoms with Gasteiger partial charge < -0.3 is 0 Å². The minimum atomic E-state index is 0.941. The van der Waals surface area contributed by atoms with Crippen LogP contribution in [0.4, 0.5) is 0 Å². The second-order valence-electron chi connectivity index (χ2n) is 2.10. The molecule has 0 saturated carbocycles. The van der Waals surface area contributed by atoms with Crippen LogP contribution >= 0.6 is 22.9 Å². The normalized spacial score (nSPS) is 10.2. The van der Waals surface area contributed by atoms with Crippen molar-refractivity contribution in [1.29, 1.82) is 0 Å². The molecular formula is C6H10IN3. The van der Waals surface area contributed by atoms with E-state index in [9.17, 15) is 0 Å². The molecule has 0 aliphatic carbocycles. The summed E-state index contributed by atoms with van der Waals surface area (Å²) in [5.41, 5.74) is 1.08. The first kappa shape index (κ1) is 8.00. The van der Waals surface area contributed by atoms with E-state index < -0.39 is 0 Å². The molecule has 1 N–H and O–H groups in total. The summed E-state index contributed by atoms with van der Waals surface area (Å²) < 4.78 is 4.97. The van der Waals surface area contributed by atoms with Gasteiger partial charge in [0.25, 0.3) is 0 Å². The SMILES string of the molecule is Cc1ccn(CCNI)n1. The fourth-order valence-corrected chi connectivity index (χ4v) is 0.986. The Morgan fingerprint density at radius 1 is 1.80 bits per heavy atom. The lowest BCUT2D eigenvalue weighted by Gasteiger charge is -1.97. The maximum atomic E-state index is 4.22. The number of aryl methyl sites for hydroxylation is 1. The Kier molecular flexibility index (Phi) is 3.14. The molecule has 0 aliphatic heterocycles. The fraction of sp³-hybridized carbons (Fsp3) is 0.500. The summed E-state index contributed by atoms with van der Waals surface area (Å²) in [6, 6.07) is 2.01. The summed E-state index contributed by atoms with van der Waals surface area (Å²) in [6.45, 7) is 3.90. The van der Waals surface area contributed by atoms with Crippen LogP contribution in [0, 0.1) is 6.92 Å². The lowest BCUT2D eigenvalue weighted by Crippen LogP contribution is -2.10. The van der Waals surface area contributed by atoms with Crippen molar-refractivity contribution >= 4 is 22.9 Å². The standard InChI is InChI=1S/C6H10IN3/c1-6-2-4-10(9-6)5-3-8-7/h2,4,8H,3,5H2,1H3. The van der Waals surface area contributed by atoms with Gasteiger partial charge in [-0.2, -0.15) is 5.10 Å². The van der Waals surface area contributed by atoms with Crippen molar-refractivity contribution in [2.45, 2.75) is 13.5 Å². The maximum Gasteiger partial charge on any atom is 0.0593 e. The highest BCUT2D eigenvalue weighted by Gasteiger charge is 1.90. The summed E-state index contributed by atoms with van der Waals surface area (Å²) in [6.07, 6.45) is 1.99. The van der Waals surface area contributed by atoms with Gasteiger partial charge in [-0.1, -0.05) is 0 Å².